The summed E-state index contributed by atoms with van der Waals surface area (Å²) in [6.45, 7) is 2.07. The van der Waals surface area contributed by atoms with Crippen molar-refractivity contribution in [3.8, 4) is 0 Å². The minimum atomic E-state index is 0.0804. The molecule has 0 heterocycles. The molecule has 3 aromatic carbocycles. The Morgan fingerprint density at radius 2 is 1.42 bits per heavy atom. The Labute approximate surface area is 112 Å². The van der Waals surface area contributed by atoms with Crippen LogP contribution >= 0.6 is 0 Å². The minimum absolute atomic E-state index is 0.0804. The van der Waals surface area contributed by atoms with Crippen LogP contribution in [0.3, 0.4) is 0 Å². The van der Waals surface area contributed by atoms with E-state index >= 15 is 0 Å². The van der Waals surface area contributed by atoms with E-state index in [1.165, 1.54) is 5.56 Å². The van der Waals surface area contributed by atoms with Crippen molar-refractivity contribution >= 4 is 16.6 Å². The highest BCUT2D eigenvalue weighted by molar-refractivity contribution is 6.16. The molecule has 0 atom stereocenters. The molecule has 3 rings (SSSR count). The van der Waals surface area contributed by atoms with Gasteiger partial charge in [0.2, 0.25) is 0 Å². The van der Waals surface area contributed by atoms with Crippen molar-refractivity contribution in [2.45, 2.75) is 6.92 Å². The quantitative estimate of drug-likeness (QED) is 0.613. The minimum Gasteiger partial charge on any atom is -0.289 e. The molecule has 0 fully saturated rings. The number of ketones is 1. The Bertz CT molecular complexity index is 742. The van der Waals surface area contributed by atoms with Crippen molar-refractivity contribution < 1.29 is 4.79 Å². The normalized spacial score (nSPS) is 10.6. The standard InChI is InChI=1S/C18H14O/c1-13-7-5-11-16-15(13)10-6-12-17(16)18(19)14-8-3-2-4-9-14/h2-12H,1H3. The summed E-state index contributed by atoms with van der Waals surface area (Å²) in [7, 11) is 0. The first-order valence-corrected chi connectivity index (χ1v) is 6.35. The molecule has 0 unspecified atom stereocenters. The zero-order valence-corrected chi connectivity index (χ0v) is 10.8. The average molecular weight is 246 g/mol. The van der Waals surface area contributed by atoms with E-state index in [1.807, 2.05) is 54.6 Å². The van der Waals surface area contributed by atoms with Gasteiger partial charge in [-0.05, 0) is 23.3 Å². The maximum atomic E-state index is 12.6. The fourth-order valence-electron chi connectivity index (χ4n) is 2.41. The third-order valence-corrected chi connectivity index (χ3v) is 3.42. The maximum absolute atomic E-state index is 12.6. The first-order chi connectivity index (χ1) is 9.27. The Kier molecular flexibility index (Phi) is 2.88. The first-order valence-electron chi connectivity index (χ1n) is 6.35. The van der Waals surface area contributed by atoms with Crippen LogP contribution in [0.5, 0.6) is 0 Å². The Morgan fingerprint density at radius 1 is 0.737 bits per heavy atom. The van der Waals surface area contributed by atoms with Crippen molar-refractivity contribution in [3.63, 3.8) is 0 Å². The number of hydrogen-bond acceptors (Lipinski definition) is 1. The molecule has 0 aliphatic rings. The highest BCUT2D eigenvalue weighted by Crippen LogP contribution is 2.24. The van der Waals surface area contributed by atoms with Gasteiger partial charge in [0.15, 0.2) is 5.78 Å². The second kappa shape index (κ2) is 4.69. The van der Waals surface area contributed by atoms with Crippen molar-refractivity contribution in [1.82, 2.24) is 0 Å². The molecule has 0 bridgehead atoms. The first kappa shape index (κ1) is 11.7. The smallest absolute Gasteiger partial charge is 0.193 e. The monoisotopic (exact) mass is 246 g/mol. The van der Waals surface area contributed by atoms with E-state index in [4.69, 9.17) is 0 Å². The number of carbonyl (C=O) groups is 1. The van der Waals surface area contributed by atoms with Gasteiger partial charge in [-0.1, -0.05) is 66.7 Å². The lowest BCUT2D eigenvalue weighted by atomic mass is 9.95. The fourth-order valence-corrected chi connectivity index (χ4v) is 2.41. The van der Waals surface area contributed by atoms with Gasteiger partial charge >= 0.3 is 0 Å². The lowest BCUT2D eigenvalue weighted by molar-refractivity contribution is 0.104. The summed E-state index contributed by atoms with van der Waals surface area (Å²) in [5.41, 5.74) is 2.70. The third kappa shape index (κ3) is 2.04. The van der Waals surface area contributed by atoms with Gasteiger partial charge in [-0.25, -0.2) is 0 Å². The molecule has 0 saturated heterocycles. The van der Waals surface area contributed by atoms with Crippen LogP contribution in [-0.4, -0.2) is 5.78 Å². The highest BCUT2D eigenvalue weighted by Gasteiger charge is 2.12. The molecule has 1 nitrogen and oxygen atoms in total. The molecule has 19 heavy (non-hydrogen) atoms. The van der Waals surface area contributed by atoms with Crippen molar-refractivity contribution in [3.05, 3.63) is 83.4 Å². The van der Waals surface area contributed by atoms with E-state index in [0.29, 0.717) is 0 Å². The Balaban J connectivity index is 2.21. The molecule has 3 aromatic rings. The topological polar surface area (TPSA) is 17.1 Å². The summed E-state index contributed by atoms with van der Waals surface area (Å²) >= 11 is 0. The predicted molar refractivity (Wildman–Crippen MR) is 78.6 cm³/mol. The van der Waals surface area contributed by atoms with Gasteiger partial charge in [-0.15, -0.1) is 0 Å². The molecule has 0 N–H and O–H groups in total. The number of benzene rings is 3. The molecule has 0 radical (unpaired) electrons. The van der Waals surface area contributed by atoms with Crippen LogP contribution in [0.2, 0.25) is 0 Å². The van der Waals surface area contributed by atoms with E-state index in [0.717, 1.165) is 21.9 Å². The summed E-state index contributed by atoms with van der Waals surface area (Å²) in [4.78, 5) is 12.6. The summed E-state index contributed by atoms with van der Waals surface area (Å²) in [5.74, 6) is 0.0804. The molecule has 0 spiro atoms. The van der Waals surface area contributed by atoms with Crippen LogP contribution in [0, 0.1) is 6.92 Å². The van der Waals surface area contributed by atoms with Gasteiger partial charge in [0, 0.05) is 11.1 Å². The summed E-state index contributed by atoms with van der Waals surface area (Å²) in [5, 5.41) is 2.17. The van der Waals surface area contributed by atoms with Gasteiger partial charge < -0.3 is 0 Å². The molecule has 0 amide bonds. The maximum Gasteiger partial charge on any atom is 0.193 e. The summed E-state index contributed by atoms with van der Waals surface area (Å²) in [6, 6.07) is 21.4. The van der Waals surface area contributed by atoms with E-state index in [1.54, 1.807) is 0 Å². The van der Waals surface area contributed by atoms with Crippen molar-refractivity contribution in [1.29, 1.82) is 0 Å². The van der Waals surface area contributed by atoms with Crippen LogP contribution in [0.15, 0.2) is 66.7 Å². The zero-order valence-electron chi connectivity index (χ0n) is 10.8. The van der Waals surface area contributed by atoms with E-state index in [9.17, 15) is 4.79 Å². The van der Waals surface area contributed by atoms with Crippen LogP contribution in [0.1, 0.15) is 21.5 Å². The SMILES string of the molecule is Cc1cccc2c(C(=O)c3ccccc3)cccc12. The molecule has 1 heteroatoms. The van der Waals surface area contributed by atoms with E-state index in [-0.39, 0.29) is 5.78 Å². The summed E-state index contributed by atoms with van der Waals surface area (Å²) < 4.78 is 0. The van der Waals surface area contributed by atoms with Gasteiger partial charge in [0.1, 0.15) is 0 Å². The predicted octanol–water partition coefficient (Wildman–Crippen LogP) is 4.38. The fraction of sp³-hybridized carbons (Fsp3) is 0.0556. The van der Waals surface area contributed by atoms with Crippen molar-refractivity contribution in [2.75, 3.05) is 0 Å². The Morgan fingerprint density at radius 3 is 2.21 bits per heavy atom. The molecule has 0 aliphatic carbocycles. The third-order valence-electron chi connectivity index (χ3n) is 3.42. The molecule has 92 valence electrons. The number of carbonyl (C=O) groups excluding carboxylic acids is 1. The lowest BCUT2D eigenvalue weighted by Crippen LogP contribution is -2.01. The van der Waals surface area contributed by atoms with Crippen LogP contribution in [0.4, 0.5) is 0 Å². The molecular formula is C18H14O. The highest BCUT2D eigenvalue weighted by atomic mass is 16.1. The number of aryl methyl sites for hydroxylation is 1. The second-order valence-corrected chi connectivity index (χ2v) is 4.67. The molecule has 0 saturated carbocycles. The van der Waals surface area contributed by atoms with Gasteiger partial charge in [-0.3, -0.25) is 4.79 Å². The van der Waals surface area contributed by atoms with Crippen LogP contribution < -0.4 is 0 Å². The van der Waals surface area contributed by atoms with E-state index < -0.39 is 0 Å². The van der Waals surface area contributed by atoms with Gasteiger partial charge in [0.05, 0.1) is 0 Å². The molecular weight excluding hydrogens is 232 g/mol. The Hall–Kier alpha value is -2.41. The molecule has 0 aliphatic heterocycles. The van der Waals surface area contributed by atoms with Gasteiger partial charge in [0.25, 0.3) is 0 Å². The zero-order chi connectivity index (χ0) is 13.2. The number of fused-ring (bicyclic) bond motifs is 1. The lowest BCUT2D eigenvalue weighted by Gasteiger charge is -2.07. The number of rotatable bonds is 2. The number of hydrogen-bond donors (Lipinski definition) is 0. The van der Waals surface area contributed by atoms with Crippen molar-refractivity contribution in [2.24, 2.45) is 0 Å². The van der Waals surface area contributed by atoms with Crippen LogP contribution in [-0.2, 0) is 0 Å². The van der Waals surface area contributed by atoms with Gasteiger partial charge in [-0.2, -0.15) is 0 Å². The largest absolute Gasteiger partial charge is 0.289 e. The summed E-state index contributed by atoms with van der Waals surface area (Å²) in [6.07, 6.45) is 0. The van der Waals surface area contributed by atoms with E-state index in [2.05, 4.69) is 19.1 Å². The molecule has 0 aromatic heterocycles. The van der Waals surface area contributed by atoms with Crippen LogP contribution in [0.25, 0.3) is 10.8 Å². The second-order valence-electron chi connectivity index (χ2n) is 4.67. The average Bonchev–Trinajstić information content (AvgIpc) is 2.47.